The second-order valence-electron chi connectivity index (χ2n) is 4.18. The van der Waals surface area contributed by atoms with Crippen molar-refractivity contribution < 1.29 is 18.7 Å². The van der Waals surface area contributed by atoms with Gasteiger partial charge in [-0.2, -0.15) is 0 Å². The molecule has 1 rings (SSSR count). The van der Waals surface area contributed by atoms with Crippen LogP contribution in [-0.4, -0.2) is 42.0 Å². The van der Waals surface area contributed by atoms with Crippen LogP contribution in [0, 0.1) is 13.8 Å². The first kappa shape index (κ1) is 14.6. The van der Waals surface area contributed by atoms with E-state index < -0.39 is 18.9 Å². The lowest BCUT2D eigenvalue weighted by Crippen LogP contribution is -2.37. The number of aliphatic hydroxyl groups is 1. The molecule has 0 radical (unpaired) electrons. The Morgan fingerprint density at radius 2 is 2.06 bits per heavy atom. The largest absolute Gasteiger partial charge is 0.395 e. The highest BCUT2D eigenvalue weighted by atomic mass is 19.3. The molecule has 0 saturated carbocycles. The molecule has 0 fully saturated rings. The maximum absolute atomic E-state index is 12.4. The number of hydrogen-bond donors (Lipinski definition) is 1. The third kappa shape index (κ3) is 3.77. The standard InChI is InChI=1S/C13H17F2NO2/c1-9-3-4-10(2)11(7-9)13(18)16(5-6-17)8-12(14)15/h3-4,7,12,17H,5-6,8H2,1-2H3. The van der Waals surface area contributed by atoms with Crippen LogP contribution in [0.2, 0.25) is 0 Å². The second kappa shape index (κ2) is 6.44. The molecule has 1 aromatic carbocycles. The van der Waals surface area contributed by atoms with Crippen LogP contribution in [0.25, 0.3) is 0 Å². The van der Waals surface area contributed by atoms with Crippen molar-refractivity contribution in [2.45, 2.75) is 20.3 Å². The molecule has 0 spiro atoms. The van der Waals surface area contributed by atoms with Crippen molar-refractivity contribution in [2.75, 3.05) is 19.7 Å². The number of aryl methyl sites for hydroxylation is 2. The zero-order valence-electron chi connectivity index (χ0n) is 10.5. The number of hydrogen-bond acceptors (Lipinski definition) is 2. The lowest BCUT2D eigenvalue weighted by atomic mass is 10.0. The van der Waals surface area contributed by atoms with Crippen molar-refractivity contribution in [3.05, 3.63) is 34.9 Å². The van der Waals surface area contributed by atoms with Crippen LogP contribution in [0.15, 0.2) is 18.2 Å². The summed E-state index contributed by atoms with van der Waals surface area (Å²) in [4.78, 5) is 13.1. The van der Waals surface area contributed by atoms with E-state index in [0.717, 1.165) is 16.0 Å². The van der Waals surface area contributed by atoms with E-state index >= 15 is 0 Å². The Morgan fingerprint density at radius 3 is 2.61 bits per heavy atom. The van der Waals surface area contributed by atoms with Gasteiger partial charge in [-0.25, -0.2) is 8.78 Å². The van der Waals surface area contributed by atoms with Crippen LogP contribution in [-0.2, 0) is 0 Å². The molecule has 0 atom stereocenters. The number of carbonyl (C=O) groups is 1. The first-order valence-electron chi connectivity index (χ1n) is 5.71. The quantitative estimate of drug-likeness (QED) is 0.876. The first-order valence-corrected chi connectivity index (χ1v) is 5.71. The van der Waals surface area contributed by atoms with Gasteiger partial charge in [0.1, 0.15) is 0 Å². The van der Waals surface area contributed by atoms with Gasteiger partial charge in [0.05, 0.1) is 13.2 Å². The number of rotatable bonds is 5. The van der Waals surface area contributed by atoms with Gasteiger partial charge in [0.25, 0.3) is 12.3 Å². The zero-order valence-corrected chi connectivity index (χ0v) is 10.5. The molecule has 5 heteroatoms. The maximum atomic E-state index is 12.4. The van der Waals surface area contributed by atoms with Crippen molar-refractivity contribution in [1.82, 2.24) is 4.90 Å². The molecule has 0 aromatic heterocycles. The molecule has 1 aromatic rings. The summed E-state index contributed by atoms with van der Waals surface area (Å²) in [5.41, 5.74) is 2.04. The number of benzene rings is 1. The number of alkyl halides is 2. The molecule has 18 heavy (non-hydrogen) atoms. The third-order valence-corrected chi connectivity index (χ3v) is 2.64. The average molecular weight is 257 g/mol. The molecule has 3 nitrogen and oxygen atoms in total. The summed E-state index contributed by atoms with van der Waals surface area (Å²) in [6.45, 7) is 2.51. The Bertz CT molecular complexity index is 421. The molecule has 0 unspecified atom stereocenters. The summed E-state index contributed by atoms with van der Waals surface area (Å²) in [5, 5.41) is 8.83. The molecule has 0 aliphatic rings. The van der Waals surface area contributed by atoms with Gasteiger partial charge in [0, 0.05) is 12.1 Å². The fourth-order valence-electron chi connectivity index (χ4n) is 1.70. The molecule has 1 N–H and O–H groups in total. The fraction of sp³-hybridized carbons (Fsp3) is 0.462. The van der Waals surface area contributed by atoms with Crippen LogP contribution in [0.5, 0.6) is 0 Å². The number of halogens is 2. The van der Waals surface area contributed by atoms with Crippen molar-refractivity contribution in [3.8, 4) is 0 Å². The van der Waals surface area contributed by atoms with Gasteiger partial charge in [-0.05, 0) is 25.5 Å². The van der Waals surface area contributed by atoms with Gasteiger partial charge < -0.3 is 10.0 Å². The first-order chi connectivity index (χ1) is 8.45. The molecule has 0 saturated heterocycles. The Hall–Kier alpha value is -1.49. The van der Waals surface area contributed by atoms with Crippen LogP contribution in [0.4, 0.5) is 8.78 Å². The lowest BCUT2D eigenvalue weighted by Gasteiger charge is -2.22. The minimum Gasteiger partial charge on any atom is -0.395 e. The minimum atomic E-state index is -2.61. The predicted octanol–water partition coefficient (Wildman–Crippen LogP) is 2.00. The topological polar surface area (TPSA) is 40.5 Å². The van der Waals surface area contributed by atoms with E-state index in [4.69, 9.17) is 5.11 Å². The van der Waals surface area contributed by atoms with Gasteiger partial charge in [-0.15, -0.1) is 0 Å². The Kier molecular flexibility index (Phi) is 5.22. The molecular formula is C13H17F2NO2. The van der Waals surface area contributed by atoms with Crippen LogP contribution in [0.3, 0.4) is 0 Å². The highest BCUT2D eigenvalue weighted by Crippen LogP contribution is 2.14. The smallest absolute Gasteiger partial charge is 0.255 e. The lowest BCUT2D eigenvalue weighted by molar-refractivity contribution is 0.0508. The summed E-state index contributed by atoms with van der Waals surface area (Å²) in [6, 6.07) is 5.31. The highest BCUT2D eigenvalue weighted by Gasteiger charge is 2.20. The number of carbonyl (C=O) groups excluding carboxylic acids is 1. The van der Waals surface area contributed by atoms with Gasteiger partial charge >= 0.3 is 0 Å². The monoisotopic (exact) mass is 257 g/mol. The molecule has 0 bridgehead atoms. The molecule has 100 valence electrons. The predicted molar refractivity (Wildman–Crippen MR) is 64.9 cm³/mol. The molecule has 1 amide bonds. The second-order valence-corrected chi connectivity index (χ2v) is 4.18. The third-order valence-electron chi connectivity index (χ3n) is 2.64. The van der Waals surface area contributed by atoms with Gasteiger partial charge in [-0.3, -0.25) is 4.79 Å². The molecular weight excluding hydrogens is 240 g/mol. The van der Waals surface area contributed by atoms with Crippen molar-refractivity contribution >= 4 is 5.91 Å². The van der Waals surface area contributed by atoms with E-state index in [1.807, 2.05) is 13.0 Å². The summed E-state index contributed by atoms with van der Waals surface area (Å²) in [5.74, 6) is -0.467. The fourth-order valence-corrected chi connectivity index (χ4v) is 1.70. The normalized spacial score (nSPS) is 10.8. The highest BCUT2D eigenvalue weighted by molar-refractivity contribution is 5.95. The Morgan fingerprint density at radius 1 is 1.39 bits per heavy atom. The van der Waals surface area contributed by atoms with E-state index in [-0.39, 0.29) is 13.2 Å². The van der Waals surface area contributed by atoms with Crippen molar-refractivity contribution in [2.24, 2.45) is 0 Å². The van der Waals surface area contributed by atoms with E-state index in [1.54, 1.807) is 19.1 Å². The molecule has 0 heterocycles. The van der Waals surface area contributed by atoms with Crippen LogP contribution < -0.4 is 0 Å². The zero-order chi connectivity index (χ0) is 13.7. The van der Waals surface area contributed by atoms with Crippen molar-refractivity contribution in [3.63, 3.8) is 0 Å². The number of amides is 1. The molecule has 0 aliphatic heterocycles. The SMILES string of the molecule is Cc1ccc(C)c(C(=O)N(CCO)CC(F)F)c1. The van der Waals surface area contributed by atoms with Crippen LogP contribution in [0.1, 0.15) is 21.5 Å². The van der Waals surface area contributed by atoms with E-state index in [1.165, 1.54) is 0 Å². The van der Waals surface area contributed by atoms with Gasteiger partial charge in [0.2, 0.25) is 0 Å². The number of nitrogens with zero attached hydrogens (tertiary/aromatic N) is 1. The maximum Gasteiger partial charge on any atom is 0.255 e. The summed E-state index contributed by atoms with van der Waals surface area (Å²) in [6.07, 6.45) is -2.61. The van der Waals surface area contributed by atoms with Crippen molar-refractivity contribution in [1.29, 1.82) is 0 Å². The Labute approximate surface area is 105 Å². The van der Waals surface area contributed by atoms with Crippen LogP contribution >= 0.6 is 0 Å². The summed E-state index contributed by atoms with van der Waals surface area (Å²) in [7, 11) is 0. The summed E-state index contributed by atoms with van der Waals surface area (Å²) < 4.78 is 24.8. The van der Waals surface area contributed by atoms with Gasteiger partial charge in [0.15, 0.2) is 0 Å². The minimum absolute atomic E-state index is 0.0868. The number of aliphatic hydroxyl groups excluding tert-OH is 1. The summed E-state index contributed by atoms with van der Waals surface area (Å²) >= 11 is 0. The van der Waals surface area contributed by atoms with E-state index in [0.29, 0.717) is 5.56 Å². The Balaban J connectivity index is 2.97. The molecule has 0 aliphatic carbocycles. The van der Waals surface area contributed by atoms with E-state index in [2.05, 4.69) is 0 Å². The van der Waals surface area contributed by atoms with E-state index in [9.17, 15) is 13.6 Å². The average Bonchev–Trinajstić information content (AvgIpc) is 2.30. The van der Waals surface area contributed by atoms with Gasteiger partial charge in [-0.1, -0.05) is 17.7 Å².